The number of nitrogens with zero attached hydrogens (tertiary/aromatic N) is 4. The number of rotatable bonds is 4. The summed E-state index contributed by atoms with van der Waals surface area (Å²) < 4.78 is 1.71. The van der Waals surface area contributed by atoms with Crippen LogP contribution in [0.15, 0.2) is 46.3 Å². The molecule has 86 valence electrons. The Hall–Kier alpha value is -2.26. The maximum atomic E-state index is 11.8. The van der Waals surface area contributed by atoms with Crippen molar-refractivity contribution in [3.05, 3.63) is 57.2 Å². The number of para-hydroxylation sites is 1. The third kappa shape index (κ3) is 2.46. The number of benzene rings is 1. The van der Waals surface area contributed by atoms with Crippen molar-refractivity contribution in [3.63, 3.8) is 0 Å². The maximum absolute atomic E-state index is 11.8. The molecule has 5 nitrogen and oxygen atoms in total. The first kappa shape index (κ1) is 11.2. The molecule has 0 atom stereocenters. The minimum Gasteiger partial charge on any atom is -0.308 e. The van der Waals surface area contributed by atoms with Crippen LogP contribution in [0.5, 0.6) is 0 Å². The summed E-state index contributed by atoms with van der Waals surface area (Å²) in [6.07, 6.45) is 0.665. The highest BCUT2D eigenvalue weighted by molar-refractivity contribution is 5.78. The van der Waals surface area contributed by atoms with Crippen molar-refractivity contribution < 1.29 is 0 Å². The number of hydrogen-bond acceptors (Lipinski definition) is 2. The van der Waals surface area contributed by atoms with E-state index in [-0.39, 0.29) is 5.56 Å². The molecule has 0 saturated carbocycles. The Morgan fingerprint density at radius 2 is 2.06 bits per heavy atom. The van der Waals surface area contributed by atoms with Gasteiger partial charge in [0.1, 0.15) is 0 Å². The lowest BCUT2D eigenvalue weighted by molar-refractivity contribution is 0.649. The van der Waals surface area contributed by atoms with Gasteiger partial charge in [0.25, 0.3) is 5.56 Å². The Bertz CT molecular complexity index is 626. The minimum absolute atomic E-state index is 0.0235. The van der Waals surface area contributed by atoms with Crippen molar-refractivity contribution in [2.24, 2.45) is 5.11 Å². The molecule has 0 spiro atoms. The Kier molecular flexibility index (Phi) is 3.43. The molecule has 0 saturated heterocycles. The second kappa shape index (κ2) is 5.18. The van der Waals surface area contributed by atoms with E-state index in [9.17, 15) is 4.79 Å². The zero-order chi connectivity index (χ0) is 12.1. The molecule has 5 heteroatoms. The third-order valence-electron chi connectivity index (χ3n) is 2.60. The molecule has 1 aromatic heterocycles. The second-order valence-corrected chi connectivity index (χ2v) is 3.69. The zero-order valence-electron chi connectivity index (χ0n) is 9.28. The van der Waals surface area contributed by atoms with Gasteiger partial charge in [-0.05, 0) is 29.5 Å². The fourth-order valence-corrected chi connectivity index (χ4v) is 1.82. The number of fused-ring (bicyclic) bond motifs is 1. The summed E-state index contributed by atoms with van der Waals surface area (Å²) in [5.41, 5.74) is 9.07. The number of azide groups is 1. The van der Waals surface area contributed by atoms with Crippen LogP contribution < -0.4 is 5.56 Å². The van der Waals surface area contributed by atoms with Crippen molar-refractivity contribution in [1.82, 2.24) is 4.57 Å². The molecule has 2 aromatic rings. The molecule has 17 heavy (non-hydrogen) atoms. The van der Waals surface area contributed by atoms with E-state index < -0.39 is 0 Å². The molecule has 0 amide bonds. The molecule has 1 heterocycles. The van der Waals surface area contributed by atoms with Crippen molar-refractivity contribution >= 4 is 10.9 Å². The van der Waals surface area contributed by atoms with E-state index in [1.165, 1.54) is 0 Å². The molecular weight excluding hydrogens is 216 g/mol. The summed E-state index contributed by atoms with van der Waals surface area (Å²) in [6, 6.07) is 11.1. The fourth-order valence-electron chi connectivity index (χ4n) is 1.82. The lowest BCUT2D eigenvalue weighted by atomic mass is 10.2. The standard InChI is InChI=1S/C12H12N4O/c13-15-14-8-3-9-16-11-5-2-1-4-10(11)6-7-12(16)17/h1-2,4-7H,3,8-9H2. The van der Waals surface area contributed by atoms with E-state index >= 15 is 0 Å². The normalized spacial score (nSPS) is 10.1. The topological polar surface area (TPSA) is 70.8 Å². The van der Waals surface area contributed by atoms with E-state index in [2.05, 4.69) is 10.0 Å². The van der Waals surface area contributed by atoms with Crippen LogP contribution in [0.25, 0.3) is 21.3 Å². The van der Waals surface area contributed by atoms with Crippen LogP contribution in [-0.4, -0.2) is 11.1 Å². The average molecular weight is 228 g/mol. The predicted molar refractivity (Wildman–Crippen MR) is 66.8 cm³/mol. The summed E-state index contributed by atoms with van der Waals surface area (Å²) >= 11 is 0. The lowest BCUT2D eigenvalue weighted by Crippen LogP contribution is -2.19. The molecule has 1 aromatic carbocycles. The van der Waals surface area contributed by atoms with Crippen LogP contribution in [0.1, 0.15) is 6.42 Å². The summed E-state index contributed by atoms with van der Waals surface area (Å²) in [4.78, 5) is 14.4. The Labute approximate surface area is 97.9 Å². The van der Waals surface area contributed by atoms with Gasteiger partial charge in [0, 0.05) is 24.1 Å². The van der Waals surface area contributed by atoms with Crippen LogP contribution in [-0.2, 0) is 6.54 Å². The van der Waals surface area contributed by atoms with Crippen molar-refractivity contribution in [2.75, 3.05) is 6.54 Å². The average Bonchev–Trinajstić information content (AvgIpc) is 2.37. The summed E-state index contributed by atoms with van der Waals surface area (Å²) in [6.45, 7) is 0.978. The molecule has 2 rings (SSSR count). The Balaban J connectivity index is 2.34. The summed E-state index contributed by atoms with van der Waals surface area (Å²) in [7, 11) is 0. The van der Waals surface area contributed by atoms with Gasteiger partial charge in [-0.15, -0.1) is 0 Å². The van der Waals surface area contributed by atoms with Crippen LogP contribution >= 0.6 is 0 Å². The molecule has 0 fully saturated rings. The SMILES string of the molecule is [N-]=[N+]=NCCCn1c(=O)ccc2ccccc21. The molecule has 0 N–H and O–H groups in total. The Morgan fingerprint density at radius 1 is 1.24 bits per heavy atom. The van der Waals surface area contributed by atoms with Gasteiger partial charge in [0.2, 0.25) is 0 Å². The van der Waals surface area contributed by atoms with Crippen LogP contribution in [0.4, 0.5) is 0 Å². The van der Waals surface area contributed by atoms with E-state index in [4.69, 9.17) is 5.53 Å². The van der Waals surface area contributed by atoms with Crippen LogP contribution in [0.3, 0.4) is 0 Å². The van der Waals surface area contributed by atoms with Gasteiger partial charge in [-0.1, -0.05) is 23.3 Å². The van der Waals surface area contributed by atoms with Crippen molar-refractivity contribution in [3.8, 4) is 0 Å². The number of aryl methyl sites for hydroxylation is 1. The molecule has 0 unspecified atom stereocenters. The largest absolute Gasteiger partial charge is 0.308 e. The highest BCUT2D eigenvalue weighted by Gasteiger charge is 2.01. The van der Waals surface area contributed by atoms with Gasteiger partial charge >= 0.3 is 0 Å². The van der Waals surface area contributed by atoms with E-state index in [1.54, 1.807) is 10.6 Å². The monoisotopic (exact) mass is 228 g/mol. The van der Waals surface area contributed by atoms with E-state index in [1.807, 2.05) is 30.3 Å². The van der Waals surface area contributed by atoms with Crippen molar-refractivity contribution in [2.45, 2.75) is 13.0 Å². The first-order chi connectivity index (χ1) is 8.33. The van der Waals surface area contributed by atoms with Crippen LogP contribution in [0.2, 0.25) is 0 Å². The number of hydrogen-bond donors (Lipinski definition) is 0. The maximum Gasteiger partial charge on any atom is 0.251 e. The smallest absolute Gasteiger partial charge is 0.251 e. The quantitative estimate of drug-likeness (QED) is 0.343. The number of aromatic nitrogens is 1. The van der Waals surface area contributed by atoms with Crippen LogP contribution in [0, 0.1) is 0 Å². The predicted octanol–water partition coefficient (Wildman–Crippen LogP) is 2.70. The highest BCUT2D eigenvalue weighted by Crippen LogP contribution is 2.11. The molecule has 0 aliphatic heterocycles. The highest BCUT2D eigenvalue weighted by atomic mass is 16.1. The summed E-state index contributed by atoms with van der Waals surface area (Å²) in [5, 5.41) is 4.50. The molecular formula is C12H12N4O. The van der Waals surface area contributed by atoms with Crippen molar-refractivity contribution in [1.29, 1.82) is 0 Å². The Morgan fingerprint density at radius 3 is 2.88 bits per heavy atom. The first-order valence-corrected chi connectivity index (χ1v) is 5.42. The summed E-state index contributed by atoms with van der Waals surface area (Å²) in [5.74, 6) is 0. The van der Waals surface area contributed by atoms with E-state index in [0.29, 0.717) is 19.5 Å². The molecule has 0 aliphatic rings. The second-order valence-electron chi connectivity index (χ2n) is 3.69. The molecule has 0 aliphatic carbocycles. The molecule has 0 radical (unpaired) electrons. The molecule has 0 bridgehead atoms. The number of pyridine rings is 1. The first-order valence-electron chi connectivity index (χ1n) is 5.42. The van der Waals surface area contributed by atoms with Gasteiger partial charge in [0.15, 0.2) is 0 Å². The van der Waals surface area contributed by atoms with Gasteiger partial charge < -0.3 is 4.57 Å². The fraction of sp³-hybridized carbons (Fsp3) is 0.250. The van der Waals surface area contributed by atoms with Gasteiger partial charge in [-0.25, -0.2) is 0 Å². The van der Waals surface area contributed by atoms with Gasteiger partial charge in [-0.2, -0.15) is 0 Å². The third-order valence-corrected chi connectivity index (χ3v) is 2.60. The van der Waals surface area contributed by atoms with E-state index in [0.717, 1.165) is 10.9 Å². The lowest BCUT2D eigenvalue weighted by Gasteiger charge is -2.08. The minimum atomic E-state index is -0.0235. The van der Waals surface area contributed by atoms with Gasteiger partial charge in [0.05, 0.1) is 5.52 Å². The van der Waals surface area contributed by atoms with Gasteiger partial charge in [-0.3, -0.25) is 4.79 Å². The zero-order valence-corrected chi connectivity index (χ0v) is 9.28.